The molecular weight excluding hydrogens is 398 g/mol. The number of rotatable bonds is 3. The summed E-state index contributed by atoms with van der Waals surface area (Å²) in [5.41, 5.74) is 2.78. The number of anilines is 1. The van der Waals surface area contributed by atoms with Gasteiger partial charge in [0.25, 0.3) is 0 Å². The third-order valence-corrected chi connectivity index (χ3v) is 5.24. The second kappa shape index (κ2) is 8.93. The molecule has 5 nitrogen and oxygen atoms in total. The topological polar surface area (TPSA) is 62.3 Å². The lowest BCUT2D eigenvalue weighted by Crippen LogP contribution is -2.46. The van der Waals surface area contributed by atoms with Crippen LogP contribution in [-0.4, -0.2) is 34.8 Å². The van der Waals surface area contributed by atoms with Crippen molar-refractivity contribution in [2.75, 3.05) is 18.4 Å². The van der Waals surface area contributed by atoms with Crippen LogP contribution in [0.4, 0.5) is 10.5 Å². The lowest BCUT2D eigenvalue weighted by molar-refractivity contribution is -0.118. The van der Waals surface area contributed by atoms with Gasteiger partial charge in [0.1, 0.15) is 0 Å². The van der Waals surface area contributed by atoms with E-state index in [-0.39, 0.29) is 18.4 Å². The molecule has 1 atom stereocenters. The van der Waals surface area contributed by atoms with E-state index in [1.54, 1.807) is 41.4 Å². The molecule has 1 unspecified atom stereocenters. The van der Waals surface area contributed by atoms with Crippen molar-refractivity contribution < 1.29 is 9.59 Å². The summed E-state index contributed by atoms with van der Waals surface area (Å²) >= 11 is 5.92. The Morgan fingerprint density at radius 2 is 1.77 bits per heavy atom. The molecule has 1 aliphatic heterocycles. The Hall–Kier alpha value is -3.44. The summed E-state index contributed by atoms with van der Waals surface area (Å²) < 4.78 is 0. The minimum absolute atomic E-state index is 0.0161. The molecule has 150 valence electrons. The summed E-state index contributed by atoms with van der Waals surface area (Å²) in [4.78, 5) is 32.1. The third-order valence-electron chi connectivity index (χ3n) is 4.99. The maximum Gasteiger partial charge on any atom is 0.322 e. The number of hydrogen-bond donors (Lipinski definition) is 1. The molecule has 1 fully saturated rings. The number of aromatic nitrogens is 1. The fraction of sp³-hybridized carbons (Fsp3) is 0.125. The predicted molar refractivity (Wildman–Crippen MR) is 118 cm³/mol. The number of piperidine rings is 1. The zero-order valence-electron chi connectivity index (χ0n) is 16.2. The molecule has 0 saturated carbocycles. The summed E-state index contributed by atoms with van der Waals surface area (Å²) in [6, 6.07) is 21.7. The van der Waals surface area contributed by atoms with E-state index in [0.29, 0.717) is 28.5 Å². The number of nitrogens with zero attached hydrogens (tertiary/aromatic N) is 2. The molecule has 4 rings (SSSR count). The number of ketones is 1. The number of urea groups is 1. The van der Waals surface area contributed by atoms with E-state index in [1.165, 1.54) is 0 Å². The molecule has 2 aromatic carbocycles. The lowest BCUT2D eigenvalue weighted by atomic mass is 9.86. The van der Waals surface area contributed by atoms with Gasteiger partial charge in [-0.3, -0.25) is 9.78 Å². The zero-order valence-corrected chi connectivity index (χ0v) is 16.9. The van der Waals surface area contributed by atoms with Crippen LogP contribution in [0.2, 0.25) is 5.02 Å². The molecule has 30 heavy (non-hydrogen) atoms. The van der Waals surface area contributed by atoms with Crippen LogP contribution in [0.15, 0.2) is 84.6 Å². The molecule has 2 amide bonds. The number of benzene rings is 2. The van der Waals surface area contributed by atoms with Crippen LogP contribution in [0.25, 0.3) is 6.08 Å². The first kappa shape index (κ1) is 19.9. The van der Waals surface area contributed by atoms with Crippen LogP contribution in [0, 0.1) is 0 Å². The summed E-state index contributed by atoms with van der Waals surface area (Å²) in [7, 11) is 0. The van der Waals surface area contributed by atoms with Crippen molar-refractivity contribution >= 4 is 35.2 Å². The molecule has 1 N–H and O–H groups in total. The van der Waals surface area contributed by atoms with Crippen LogP contribution in [0.5, 0.6) is 0 Å². The Balaban J connectivity index is 1.63. The maximum absolute atomic E-state index is 13.2. The van der Waals surface area contributed by atoms with Gasteiger partial charge in [-0.05, 0) is 48.0 Å². The van der Waals surface area contributed by atoms with Gasteiger partial charge in [-0.1, -0.05) is 48.0 Å². The fourth-order valence-electron chi connectivity index (χ4n) is 3.46. The average Bonchev–Trinajstić information content (AvgIpc) is 2.78. The highest BCUT2D eigenvalue weighted by molar-refractivity contribution is 6.30. The Kier molecular flexibility index (Phi) is 5.91. The molecule has 1 aromatic heterocycles. The summed E-state index contributed by atoms with van der Waals surface area (Å²) in [6.07, 6.45) is 3.44. The first-order valence-corrected chi connectivity index (χ1v) is 10.0. The molecule has 2 heterocycles. The van der Waals surface area contributed by atoms with E-state index >= 15 is 0 Å². The van der Waals surface area contributed by atoms with E-state index in [2.05, 4.69) is 10.3 Å². The molecule has 0 radical (unpaired) electrons. The van der Waals surface area contributed by atoms with Gasteiger partial charge >= 0.3 is 6.03 Å². The van der Waals surface area contributed by atoms with Crippen molar-refractivity contribution in [3.8, 4) is 0 Å². The highest BCUT2D eigenvalue weighted by Gasteiger charge is 2.34. The molecule has 1 saturated heterocycles. The van der Waals surface area contributed by atoms with Crippen LogP contribution >= 0.6 is 11.6 Å². The Labute approximate surface area is 180 Å². The average molecular weight is 418 g/mol. The number of carbonyl (C=O) groups excluding carboxylic acids is 2. The third kappa shape index (κ3) is 4.58. The smallest absolute Gasteiger partial charge is 0.319 e. The van der Waals surface area contributed by atoms with Gasteiger partial charge in [0.2, 0.25) is 0 Å². The number of amides is 2. The second-order valence-electron chi connectivity index (χ2n) is 7.07. The quantitative estimate of drug-likeness (QED) is 0.608. The molecule has 6 heteroatoms. The van der Waals surface area contributed by atoms with Crippen molar-refractivity contribution in [2.24, 2.45) is 0 Å². The van der Waals surface area contributed by atoms with E-state index in [0.717, 1.165) is 5.56 Å². The van der Waals surface area contributed by atoms with Gasteiger partial charge in [-0.2, -0.15) is 0 Å². The van der Waals surface area contributed by atoms with Crippen LogP contribution < -0.4 is 5.32 Å². The number of likely N-dealkylation sites (tertiary alicyclic amines) is 1. The Morgan fingerprint density at radius 3 is 2.47 bits per heavy atom. The van der Waals surface area contributed by atoms with Gasteiger partial charge in [-0.15, -0.1) is 0 Å². The molecule has 0 spiro atoms. The predicted octanol–water partition coefficient (Wildman–Crippen LogP) is 5.02. The molecular formula is C24H20ClN3O2. The van der Waals surface area contributed by atoms with Crippen molar-refractivity contribution in [2.45, 2.75) is 5.92 Å². The fourth-order valence-corrected chi connectivity index (χ4v) is 3.59. The lowest BCUT2D eigenvalue weighted by Gasteiger charge is -2.33. The van der Waals surface area contributed by atoms with E-state index in [9.17, 15) is 9.59 Å². The second-order valence-corrected chi connectivity index (χ2v) is 7.51. The van der Waals surface area contributed by atoms with Gasteiger partial charge in [0.05, 0.1) is 18.2 Å². The van der Waals surface area contributed by atoms with Crippen molar-refractivity contribution in [3.05, 3.63) is 101 Å². The first-order chi connectivity index (χ1) is 14.6. The molecule has 1 aliphatic rings. The molecule has 0 bridgehead atoms. The number of carbonyl (C=O) groups is 2. The maximum atomic E-state index is 13.2. The zero-order chi connectivity index (χ0) is 20.9. The van der Waals surface area contributed by atoms with Gasteiger partial charge in [0, 0.05) is 29.0 Å². The summed E-state index contributed by atoms with van der Waals surface area (Å²) in [5, 5.41) is 3.48. The largest absolute Gasteiger partial charge is 0.322 e. The number of nitrogens with one attached hydrogen (secondary N) is 1. The summed E-state index contributed by atoms with van der Waals surface area (Å²) in [5.74, 6) is -0.409. The Bertz CT molecular complexity index is 1070. The number of pyridine rings is 1. The van der Waals surface area contributed by atoms with Crippen molar-refractivity contribution in [1.29, 1.82) is 0 Å². The number of Topliss-reactive ketones (excluding diaryl/α,β-unsaturated/α-hetero) is 1. The Morgan fingerprint density at radius 1 is 1.03 bits per heavy atom. The van der Waals surface area contributed by atoms with Crippen molar-refractivity contribution in [3.63, 3.8) is 0 Å². The molecule has 3 aromatic rings. The van der Waals surface area contributed by atoms with Crippen molar-refractivity contribution in [1.82, 2.24) is 9.88 Å². The SMILES string of the molecule is O=C1C(=Cc2ccccn2)CN(C(=O)Nc2ccc(Cl)cc2)CC1c1ccccc1. The standard InChI is InChI=1S/C24H20ClN3O2/c25-19-9-11-20(12-10-19)27-24(30)28-15-18(14-21-8-4-5-13-26-21)23(29)22(16-28)17-6-2-1-3-7-17/h1-14,22H,15-16H2,(H,27,30). The molecule has 0 aliphatic carbocycles. The highest BCUT2D eigenvalue weighted by Crippen LogP contribution is 2.28. The van der Waals surface area contributed by atoms with Gasteiger partial charge in [0.15, 0.2) is 5.78 Å². The van der Waals surface area contributed by atoms with Gasteiger partial charge < -0.3 is 10.2 Å². The minimum atomic E-state index is -0.425. The van der Waals surface area contributed by atoms with E-state index in [1.807, 2.05) is 48.5 Å². The number of halogens is 1. The summed E-state index contributed by atoms with van der Waals surface area (Å²) in [6.45, 7) is 0.528. The van der Waals surface area contributed by atoms with Gasteiger partial charge in [-0.25, -0.2) is 4.79 Å². The first-order valence-electron chi connectivity index (χ1n) is 9.62. The highest BCUT2D eigenvalue weighted by atomic mass is 35.5. The monoisotopic (exact) mass is 417 g/mol. The van der Waals surface area contributed by atoms with E-state index in [4.69, 9.17) is 11.6 Å². The van der Waals surface area contributed by atoms with Crippen LogP contribution in [-0.2, 0) is 4.79 Å². The van der Waals surface area contributed by atoms with Crippen LogP contribution in [0.1, 0.15) is 17.2 Å². The minimum Gasteiger partial charge on any atom is -0.319 e. The normalized spacial score (nSPS) is 17.8. The number of hydrogen-bond acceptors (Lipinski definition) is 3. The van der Waals surface area contributed by atoms with Crippen LogP contribution in [0.3, 0.4) is 0 Å². The van der Waals surface area contributed by atoms with E-state index < -0.39 is 5.92 Å².